The summed E-state index contributed by atoms with van der Waals surface area (Å²) >= 11 is 0. The first-order chi connectivity index (χ1) is 10.1. The third-order valence-electron chi connectivity index (χ3n) is 3.34. The van der Waals surface area contributed by atoms with Gasteiger partial charge in [-0.1, -0.05) is 26.7 Å². The lowest BCUT2D eigenvalue weighted by molar-refractivity contribution is 0.533. The van der Waals surface area contributed by atoms with E-state index in [0.717, 1.165) is 37.9 Å². The second-order valence-corrected chi connectivity index (χ2v) is 5.95. The second kappa shape index (κ2) is 12.7. The molecule has 0 aliphatic heterocycles. The molecule has 0 fully saturated rings. The van der Waals surface area contributed by atoms with E-state index in [1.165, 1.54) is 24.8 Å². The lowest BCUT2D eigenvalue weighted by atomic mass is 10.1. The zero-order valence-corrected chi connectivity index (χ0v) is 16.8. The predicted molar refractivity (Wildman–Crippen MR) is 105 cm³/mol. The van der Waals surface area contributed by atoms with Crippen molar-refractivity contribution in [3.63, 3.8) is 0 Å². The normalized spacial score (nSPS) is 11.4. The minimum Gasteiger partial charge on any atom is -0.356 e. The summed E-state index contributed by atoms with van der Waals surface area (Å²) in [5.74, 6) is 1.70. The molecular formula is C16H32IN5. The highest BCUT2D eigenvalue weighted by atomic mass is 127. The van der Waals surface area contributed by atoms with Gasteiger partial charge in [0.2, 0.25) is 0 Å². The number of guanidine groups is 1. The van der Waals surface area contributed by atoms with Gasteiger partial charge in [-0.3, -0.25) is 9.67 Å². The van der Waals surface area contributed by atoms with Gasteiger partial charge in [0.15, 0.2) is 5.96 Å². The lowest BCUT2D eigenvalue weighted by Gasteiger charge is -2.12. The van der Waals surface area contributed by atoms with Gasteiger partial charge in [0.25, 0.3) is 0 Å². The van der Waals surface area contributed by atoms with E-state index in [0.29, 0.717) is 0 Å². The number of aliphatic imine (C=N–C) groups is 1. The molecule has 0 unspecified atom stereocenters. The van der Waals surface area contributed by atoms with Crippen LogP contribution in [0.15, 0.2) is 17.4 Å². The number of nitrogens with zero attached hydrogens (tertiary/aromatic N) is 3. The molecule has 2 N–H and O–H groups in total. The summed E-state index contributed by atoms with van der Waals surface area (Å²) in [6, 6.07) is 0. The predicted octanol–water partition coefficient (Wildman–Crippen LogP) is 3.19. The van der Waals surface area contributed by atoms with Crippen LogP contribution in [-0.4, -0.2) is 35.9 Å². The Labute approximate surface area is 152 Å². The van der Waals surface area contributed by atoms with Crippen LogP contribution >= 0.6 is 24.0 Å². The summed E-state index contributed by atoms with van der Waals surface area (Å²) in [5, 5.41) is 11.0. The van der Waals surface area contributed by atoms with Crippen molar-refractivity contribution in [2.45, 2.75) is 53.0 Å². The average Bonchev–Trinajstić information content (AvgIpc) is 2.86. The third kappa shape index (κ3) is 10.0. The topological polar surface area (TPSA) is 54.2 Å². The number of nitrogens with one attached hydrogen (secondary N) is 2. The van der Waals surface area contributed by atoms with E-state index < -0.39 is 0 Å². The molecule has 0 saturated carbocycles. The van der Waals surface area contributed by atoms with Gasteiger partial charge in [0, 0.05) is 32.9 Å². The molecule has 22 heavy (non-hydrogen) atoms. The van der Waals surface area contributed by atoms with Gasteiger partial charge in [-0.15, -0.1) is 24.0 Å². The Morgan fingerprint density at radius 3 is 2.45 bits per heavy atom. The summed E-state index contributed by atoms with van der Waals surface area (Å²) in [7, 11) is 1.82. The van der Waals surface area contributed by atoms with Crippen LogP contribution in [0.5, 0.6) is 0 Å². The maximum Gasteiger partial charge on any atom is 0.190 e. The van der Waals surface area contributed by atoms with Crippen molar-refractivity contribution in [3.05, 3.63) is 18.0 Å². The van der Waals surface area contributed by atoms with Crippen molar-refractivity contribution in [1.82, 2.24) is 20.4 Å². The number of hydrogen-bond acceptors (Lipinski definition) is 2. The highest BCUT2D eigenvalue weighted by Crippen LogP contribution is 2.04. The van der Waals surface area contributed by atoms with E-state index in [4.69, 9.17) is 0 Å². The van der Waals surface area contributed by atoms with E-state index in [-0.39, 0.29) is 24.0 Å². The molecule has 1 aromatic heterocycles. The fraction of sp³-hybridized carbons (Fsp3) is 0.750. The summed E-state index contributed by atoms with van der Waals surface area (Å²) in [6.45, 7) is 9.44. The number of hydrogen-bond donors (Lipinski definition) is 2. The van der Waals surface area contributed by atoms with E-state index in [2.05, 4.69) is 47.7 Å². The molecule has 0 spiro atoms. The van der Waals surface area contributed by atoms with Gasteiger partial charge in [0.05, 0.1) is 6.20 Å². The number of halogens is 1. The quantitative estimate of drug-likeness (QED) is 0.279. The Balaban J connectivity index is 0.00000441. The first-order valence-corrected chi connectivity index (χ1v) is 8.05. The Hall–Kier alpha value is -0.790. The van der Waals surface area contributed by atoms with E-state index >= 15 is 0 Å². The maximum absolute atomic E-state index is 4.28. The molecule has 0 aliphatic rings. The Kier molecular flexibility index (Phi) is 12.3. The number of rotatable bonds is 9. The molecule has 0 aromatic carbocycles. The molecular weight excluding hydrogens is 389 g/mol. The van der Waals surface area contributed by atoms with Crippen LogP contribution in [0.2, 0.25) is 0 Å². The van der Waals surface area contributed by atoms with E-state index in [1.807, 2.05) is 17.9 Å². The molecule has 0 radical (unpaired) electrons. The van der Waals surface area contributed by atoms with Gasteiger partial charge in [0.1, 0.15) is 0 Å². The van der Waals surface area contributed by atoms with Crippen molar-refractivity contribution >= 4 is 29.9 Å². The smallest absolute Gasteiger partial charge is 0.190 e. The maximum atomic E-state index is 4.28. The van der Waals surface area contributed by atoms with Crippen LogP contribution in [-0.2, 0) is 6.54 Å². The fourth-order valence-corrected chi connectivity index (χ4v) is 2.14. The van der Waals surface area contributed by atoms with Gasteiger partial charge < -0.3 is 10.6 Å². The molecule has 1 heterocycles. The molecule has 1 rings (SSSR count). The summed E-state index contributed by atoms with van der Waals surface area (Å²) in [4.78, 5) is 4.24. The molecule has 0 atom stereocenters. The monoisotopic (exact) mass is 421 g/mol. The molecule has 0 aliphatic carbocycles. The summed E-state index contributed by atoms with van der Waals surface area (Å²) in [5.41, 5.74) is 1.21. The van der Waals surface area contributed by atoms with Crippen molar-refractivity contribution in [1.29, 1.82) is 0 Å². The van der Waals surface area contributed by atoms with E-state index in [9.17, 15) is 0 Å². The largest absolute Gasteiger partial charge is 0.356 e. The summed E-state index contributed by atoms with van der Waals surface area (Å²) < 4.78 is 1.99. The highest BCUT2D eigenvalue weighted by molar-refractivity contribution is 14.0. The van der Waals surface area contributed by atoms with Gasteiger partial charge >= 0.3 is 0 Å². The third-order valence-corrected chi connectivity index (χ3v) is 3.34. The Bertz CT molecular complexity index is 414. The number of aryl methyl sites for hydroxylation is 2. The first-order valence-electron chi connectivity index (χ1n) is 8.05. The van der Waals surface area contributed by atoms with Crippen LogP contribution in [0, 0.1) is 12.8 Å². The van der Waals surface area contributed by atoms with Gasteiger partial charge in [-0.2, -0.15) is 5.10 Å². The molecule has 0 saturated heterocycles. The summed E-state index contributed by atoms with van der Waals surface area (Å²) in [6.07, 6.45) is 8.78. The van der Waals surface area contributed by atoms with Crippen molar-refractivity contribution in [2.24, 2.45) is 10.9 Å². The molecule has 128 valence electrons. The first kappa shape index (κ1) is 21.2. The SMILES string of the molecule is CN=C(NCCCCC(C)C)NCCCn1cc(C)cn1.I. The zero-order valence-electron chi connectivity index (χ0n) is 14.4. The van der Waals surface area contributed by atoms with E-state index in [1.54, 1.807) is 0 Å². The second-order valence-electron chi connectivity index (χ2n) is 5.95. The lowest BCUT2D eigenvalue weighted by Crippen LogP contribution is -2.38. The Morgan fingerprint density at radius 2 is 1.91 bits per heavy atom. The number of unbranched alkanes of at least 4 members (excludes halogenated alkanes) is 1. The van der Waals surface area contributed by atoms with Crippen molar-refractivity contribution in [2.75, 3.05) is 20.1 Å². The average molecular weight is 421 g/mol. The molecule has 6 heteroatoms. The van der Waals surface area contributed by atoms with Crippen LogP contribution in [0.4, 0.5) is 0 Å². The van der Waals surface area contributed by atoms with Gasteiger partial charge in [-0.05, 0) is 31.2 Å². The van der Waals surface area contributed by atoms with Crippen LogP contribution in [0.3, 0.4) is 0 Å². The minimum absolute atomic E-state index is 0. The van der Waals surface area contributed by atoms with Crippen molar-refractivity contribution < 1.29 is 0 Å². The standard InChI is InChI=1S/C16H31N5.HI/c1-14(2)8-5-6-9-18-16(17-4)19-10-7-11-21-13-15(3)12-20-21;/h12-14H,5-11H2,1-4H3,(H2,17,18,19);1H. The van der Waals surface area contributed by atoms with Crippen LogP contribution in [0.25, 0.3) is 0 Å². The minimum atomic E-state index is 0. The van der Waals surface area contributed by atoms with Crippen molar-refractivity contribution in [3.8, 4) is 0 Å². The molecule has 5 nitrogen and oxygen atoms in total. The van der Waals surface area contributed by atoms with Crippen LogP contribution in [0.1, 0.15) is 45.1 Å². The number of aromatic nitrogens is 2. The highest BCUT2D eigenvalue weighted by Gasteiger charge is 1.99. The fourth-order valence-electron chi connectivity index (χ4n) is 2.14. The van der Waals surface area contributed by atoms with Crippen LogP contribution < -0.4 is 10.6 Å². The molecule has 0 bridgehead atoms. The van der Waals surface area contributed by atoms with Gasteiger partial charge in [-0.25, -0.2) is 0 Å². The Morgan fingerprint density at radius 1 is 1.23 bits per heavy atom. The molecule has 1 aromatic rings. The molecule has 0 amide bonds. The zero-order chi connectivity index (χ0) is 15.5.